The van der Waals surface area contributed by atoms with Gasteiger partial charge in [-0.25, -0.2) is 0 Å². The topological polar surface area (TPSA) is 63.3 Å². The van der Waals surface area contributed by atoms with Crippen LogP contribution in [0.5, 0.6) is 0 Å². The molecule has 0 radical (unpaired) electrons. The highest BCUT2D eigenvalue weighted by Gasteiger charge is 2.22. The molecule has 0 aliphatic carbocycles. The number of benzene rings is 1. The van der Waals surface area contributed by atoms with E-state index in [9.17, 15) is 4.57 Å². The average Bonchev–Trinajstić information content (AvgIpc) is 2.15. The van der Waals surface area contributed by atoms with Crippen LogP contribution >= 0.6 is 8.03 Å². The van der Waals surface area contributed by atoms with E-state index in [0.29, 0.717) is 6.42 Å². The van der Waals surface area contributed by atoms with Crippen LogP contribution in [0.2, 0.25) is 0 Å². The van der Waals surface area contributed by atoms with Crippen LogP contribution in [0.15, 0.2) is 30.3 Å². The summed E-state index contributed by atoms with van der Waals surface area (Å²) in [6.45, 7) is 0. The van der Waals surface area contributed by atoms with Crippen LogP contribution in [0.3, 0.4) is 0 Å². The summed E-state index contributed by atoms with van der Waals surface area (Å²) in [6.07, 6.45) is 1.30. The lowest BCUT2D eigenvalue weighted by atomic mass is 10.1. The standard InChI is InChI=1S/C9H12NO2P/c10-9(13(11)12)7-6-8-4-2-1-3-5-8/h1-5,9H,6-7,10H2/p+1/t9-/m1/s1. The second kappa shape index (κ2) is 5.07. The number of rotatable bonds is 4. The summed E-state index contributed by atoms with van der Waals surface area (Å²) in [7, 11) is -2.23. The number of nitrogens with two attached hydrogens (primary N) is 1. The third kappa shape index (κ3) is 3.64. The van der Waals surface area contributed by atoms with Crippen LogP contribution in [0, 0.1) is 0 Å². The van der Waals surface area contributed by atoms with Crippen LogP contribution in [0.4, 0.5) is 0 Å². The van der Waals surface area contributed by atoms with Crippen molar-refractivity contribution in [3.8, 4) is 0 Å². The highest BCUT2D eigenvalue weighted by molar-refractivity contribution is 7.38. The summed E-state index contributed by atoms with van der Waals surface area (Å²) in [5.74, 6) is -0.602. The minimum Gasteiger partial charge on any atom is -0.285 e. The third-order valence-electron chi connectivity index (χ3n) is 1.86. The van der Waals surface area contributed by atoms with Gasteiger partial charge >= 0.3 is 8.03 Å². The van der Waals surface area contributed by atoms with Crippen molar-refractivity contribution in [3.05, 3.63) is 35.9 Å². The molecule has 3 nitrogen and oxygen atoms in total. The molecule has 0 saturated heterocycles. The SMILES string of the molecule is N[C@@H](CCc1ccccc1)[P+](=O)O. The largest absolute Gasteiger partial charge is 0.524 e. The molecule has 0 aliphatic rings. The van der Waals surface area contributed by atoms with Crippen molar-refractivity contribution in [2.75, 3.05) is 0 Å². The van der Waals surface area contributed by atoms with Crippen molar-refractivity contribution < 1.29 is 9.46 Å². The van der Waals surface area contributed by atoms with E-state index in [1.165, 1.54) is 0 Å². The molecule has 1 rings (SSSR count). The van der Waals surface area contributed by atoms with E-state index in [1.807, 2.05) is 30.3 Å². The fourth-order valence-electron chi connectivity index (χ4n) is 1.07. The molecule has 0 bridgehead atoms. The Balaban J connectivity index is 2.39. The van der Waals surface area contributed by atoms with E-state index in [0.717, 1.165) is 12.0 Å². The maximum absolute atomic E-state index is 10.5. The molecular formula is C9H13NO2P+. The second-order valence-electron chi connectivity index (χ2n) is 2.89. The van der Waals surface area contributed by atoms with E-state index in [2.05, 4.69) is 0 Å². The highest BCUT2D eigenvalue weighted by Crippen LogP contribution is 2.21. The number of hydrogen-bond donors (Lipinski definition) is 2. The van der Waals surface area contributed by atoms with Crippen molar-refractivity contribution in [2.45, 2.75) is 18.6 Å². The first-order chi connectivity index (χ1) is 6.20. The van der Waals surface area contributed by atoms with Gasteiger partial charge in [-0.15, -0.1) is 0 Å². The molecule has 4 heteroatoms. The normalized spacial score (nSPS) is 13.8. The zero-order valence-corrected chi connectivity index (χ0v) is 8.15. The fraction of sp³-hybridized carbons (Fsp3) is 0.333. The Morgan fingerprint density at radius 2 is 2.00 bits per heavy atom. The van der Waals surface area contributed by atoms with Gasteiger partial charge in [-0.1, -0.05) is 30.3 Å². The van der Waals surface area contributed by atoms with Crippen molar-refractivity contribution in [3.63, 3.8) is 0 Å². The molecule has 0 saturated carbocycles. The summed E-state index contributed by atoms with van der Waals surface area (Å²) >= 11 is 0. The Morgan fingerprint density at radius 1 is 1.38 bits per heavy atom. The predicted molar refractivity (Wildman–Crippen MR) is 52.6 cm³/mol. The monoisotopic (exact) mass is 198 g/mol. The van der Waals surface area contributed by atoms with Gasteiger partial charge in [0.15, 0.2) is 0 Å². The van der Waals surface area contributed by atoms with Crippen molar-refractivity contribution in [2.24, 2.45) is 5.73 Å². The van der Waals surface area contributed by atoms with Crippen LogP contribution in [0.1, 0.15) is 12.0 Å². The van der Waals surface area contributed by atoms with Crippen LogP contribution < -0.4 is 5.73 Å². The Bertz CT molecular complexity index is 276. The van der Waals surface area contributed by atoms with Crippen LogP contribution in [0.25, 0.3) is 0 Å². The van der Waals surface area contributed by atoms with Crippen molar-refractivity contribution >= 4 is 8.03 Å². The lowest BCUT2D eigenvalue weighted by Gasteiger charge is -1.99. The van der Waals surface area contributed by atoms with Gasteiger partial charge in [0.05, 0.1) is 0 Å². The molecule has 0 aliphatic heterocycles. The van der Waals surface area contributed by atoms with E-state index < -0.39 is 13.8 Å². The number of hydrogen-bond acceptors (Lipinski definition) is 2. The second-order valence-corrected chi connectivity index (χ2v) is 4.16. The van der Waals surface area contributed by atoms with E-state index in [4.69, 9.17) is 10.6 Å². The summed E-state index contributed by atoms with van der Waals surface area (Å²) in [5, 5.41) is 0. The molecule has 0 spiro atoms. The summed E-state index contributed by atoms with van der Waals surface area (Å²) in [5.41, 5.74) is 6.58. The minimum atomic E-state index is -2.23. The molecule has 3 N–H and O–H groups in total. The molecule has 1 unspecified atom stereocenters. The molecular weight excluding hydrogens is 185 g/mol. The van der Waals surface area contributed by atoms with E-state index in [1.54, 1.807) is 0 Å². The Morgan fingerprint density at radius 3 is 2.54 bits per heavy atom. The lowest BCUT2D eigenvalue weighted by molar-refractivity contribution is 0.485. The van der Waals surface area contributed by atoms with Gasteiger partial charge in [0.25, 0.3) is 0 Å². The first-order valence-corrected chi connectivity index (χ1v) is 5.43. The Hall–Kier alpha value is -0.760. The van der Waals surface area contributed by atoms with Gasteiger partial charge in [-0.05, 0) is 16.5 Å². The van der Waals surface area contributed by atoms with Gasteiger partial charge in [0.1, 0.15) is 0 Å². The van der Waals surface area contributed by atoms with Gasteiger partial charge in [0, 0.05) is 6.42 Å². The van der Waals surface area contributed by atoms with Crippen molar-refractivity contribution in [1.82, 2.24) is 0 Å². The molecule has 1 aromatic rings. The molecule has 70 valence electrons. The predicted octanol–water partition coefficient (Wildman–Crippen LogP) is 1.64. The van der Waals surface area contributed by atoms with Gasteiger partial charge in [-0.2, -0.15) is 4.89 Å². The molecule has 1 aromatic carbocycles. The Labute approximate surface area is 78.5 Å². The van der Waals surface area contributed by atoms with Crippen LogP contribution in [-0.4, -0.2) is 10.7 Å². The molecule has 0 amide bonds. The number of aryl methyl sites for hydroxylation is 1. The third-order valence-corrected chi connectivity index (χ3v) is 2.68. The van der Waals surface area contributed by atoms with Crippen LogP contribution in [-0.2, 0) is 11.0 Å². The fourth-order valence-corrected chi connectivity index (χ4v) is 1.42. The van der Waals surface area contributed by atoms with Gasteiger partial charge in [0.2, 0.25) is 5.78 Å². The van der Waals surface area contributed by atoms with Gasteiger partial charge < -0.3 is 0 Å². The quantitative estimate of drug-likeness (QED) is 0.723. The van der Waals surface area contributed by atoms with E-state index in [-0.39, 0.29) is 0 Å². The summed E-state index contributed by atoms with van der Waals surface area (Å²) in [6, 6.07) is 9.80. The Kier molecular flexibility index (Phi) is 4.03. The molecule has 0 heterocycles. The van der Waals surface area contributed by atoms with E-state index >= 15 is 0 Å². The molecule has 2 atom stereocenters. The maximum atomic E-state index is 10.5. The zero-order chi connectivity index (χ0) is 9.68. The molecule has 0 fully saturated rings. The highest BCUT2D eigenvalue weighted by atomic mass is 31.1. The zero-order valence-electron chi connectivity index (χ0n) is 7.26. The minimum absolute atomic E-state index is 0.551. The average molecular weight is 198 g/mol. The summed E-state index contributed by atoms with van der Waals surface area (Å²) in [4.78, 5) is 8.68. The lowest BCUT2D eigenvalue weighted by Crippen LogP contribution is -2.15. The first kappa shape index (κ1) is 10.3. The summed E-state index contributed by atoms with van der Waals surface area (Å²) < 4.78 is 10.5. The van der Waals surface area contributed by atoms with Crippen molar-refractivity contribution in [1.29, 1.82) is 0 Å². The molecule has 0 aromatic heterocycles. The molecule has 13 heavy (non-hydrogen) atoms. The first-order valence-electron chi connectivity index (χ1n) is 4.15. The maximum Gasteiger partial charge on any atom is 0.524 e. The smallest absolute Gasteiger partial charge is 0.285 e. The van der Waals surface area contributed by atoms with Gasteiger partial charge in [-0.3, -0.25) is 5.73 Å².